The second-order valence-corrected chi connectivity index (χ2v) is 9.15. The number of fused-ring (bicyclic) bond motifs is 5. The fraction of sp³-hybridized carbons (Fsp3) is 0.350. The van der Waals surface area contributed by atoms with E-state index in [-0.39, 0.29) is 25.1 Å². The highest BCUT2D eigenvalue weighted by Gasteiger charge is 2.51. The molecule has 2 aliphatic heterocycles. The van der Waals surface area contributed by atoms with Crippen molar-refractivity contribution < 1.29 is 26.7 Å². The van der Waals surface area contributed by atoms with Gasteiger partial charge in [0.1, 0.15) is 5.75 Å². The molecule has 2 aromatic rings. The number of rotatable bonds is 2. The molecule has 1 N–H and O–H groups in total. The summed E-state index contributed by atoms with van der Waals surface area (Å²) in [6, 6.07) is 12.2. The van der Waals surface area contributed by atoms with Crippen LogP contribution in [-0.4, -0.2) is 50.2 Å². The number of nitrogens with zero attached hydrogens (tertiary/aromatic N) is 1. The standard InChI is InChI=1S/C20H20F2N2O4S/c1-29(26,27)23-16-9-10-24-17(16)12-13-5-4-6-14(11-13)15-7-2-3-8-18(15)28-20(21,22)19(24)25/h2-8,11,16-17,23H,9-10,12H2,1H3. The minimum Gasteiger partial charge on any atom is -0.425 e. The molecule has 2 heterocycles. The minimum absolute atomic E-state index is 0.0109. The van der Waals surface area contributed by atoms with Crippen LogP contribution in [0.3, 0.4) is 0 Å². The van der Waals surface area contributed by atoms with E-state index in [2.05, 4.69) is 4.72 Å². The van der Waals surface area contributed by atoms with E-state index in [0.29, 0.717) is 11.1 Å². The molecule has 2 aromatic carbocycles. The summed E-state index contributed by atoms with van der Waals surface area (Å²) < 4.78 is 60.5. The summed E-state index contributed by atoms with van der Waals surface area (Å²) in [6.07, 6.45) is -2.58. The Kier molecular flexibility index (Phi) is 4.82. The third-order valence-electron chi connectivity index (χ3n) is 5.23. The van der Waals surface area contributed by atoms with Gasteiger partial charge in [-0.1, -0.05) is 42.5 Å². The molecule has 154 valence electrons. The van der Waals surface area contributed by atoms with Crippen molar-refractivity contribution in [1.82, 2.24) is 9.62 Å². The van der Waals surface area contributed by atoms with Gasteiger partial charge in [0.2, 0.25) is 10.0 Å². The molecule has 29 heavy (non-hydrogen) atoms. The third kappa shape index (κ3) is 3.97. The van der Waals surface area contributed by atoms with E-state index in [1.165, 1.54) is 6.07 Å². The zero-order valence-corrected chi connectivity index (χ0v) is 16.5. The Balaban J connectivity index is 1.82. The maximum absolute atomic E-state index is 14.8. The molecule has 0 spiro atoms. The largest absolute Gasteiger partial charge is 0.482 e. The van der Waals surface area contributed by atoms with Crippen LogP contribution in [0.4, 0.5) is 8.78 Å². The molecular weight excluding hydrogens is 402 g/mol. The lowest BCUT2D eigenvalue weighted by Gasteiger charge is -2.30. The van der Waals surface area contributed by atoms with E-state index in [0.717, 1.165) is 16.7 Å². The molecule has 1 saturated heterocycles. The molecule has 6 nitrogen and oxygen atoms in total. The summed E-state index contributed by atoms with van der Waals surface area (Å²) in [5, 5.41) is 0. The molecule has 2 unspecified atom stereocenters. The first-order valence-corrected chi connectivity index (χ1v) is 11.1. The summed E-state index contributed by atoms with van der Waals surface area (Å²) in [5.74, 6) is -1.56. The Bertz CT molecular complexity index is 1060. The minimum atomic E-state index is -4.08. The van der Waals surface area contributed by atoms with E-state index in [9.17, 15) is 22.0 Å². The van der Waals surface area contributed by atoms with Gasteiger partial charge in [0.05, 0.1) is 12.3 Å². The van der Waals surface area contributed by atoms with Crippen LogP contribution in [0.25, 0.3) is 11.1 Å². The van der Waals surface area contributed by atoms with Crippen LogP contribution in [0.5, 0.6) is 5.75 Å². The highest BCUT2D eigenvalue weighted by atomic mass is 32.2. The number of alkyl halides is 2. The van der Waals surface area contributed by atoms with Gasteiger partial charge in [-0.25, -0.2) is 13.1 Å². The first-order chi connectivity index (χ1) is 13.6. The number of hydrogen-bond acceptors (Lipinski definition) is 4. The van der Waals surface area contributed by atoms with Gasteiger partial charge in [-0.3, -0.25) is 4.79 Å². The Morgan fingerprint density at radius 1 is 1.17 bits per heavy atom. The van der Waals surface area contributed by atoms with Crippen molar-refractivity contribution in [3.05, 3.63) is 54.1 Å². The second kappa shape index (κ2) is 7.07. The van der Waals surface area contributed by atoms with E-state index < -0.39 is 34.1 Å². The van der Waals surface area contributed by atoms with Gasteiger partial charge < -0.3 is 9.64 Å². The van der Waals surface area contributed by atoms with E-state index in [1.807, 2.05) is 12.1 Å². The highest BCUT2D eigenvalue weighted by Crippen LogP contribution is 2.37. The van der Waals surface area contributed by atoms with Gasteiger partial charge >= 0.3 is 12.0 Å². The number of carbonyl (C=O) groups is 1. The lowest BCUT2D eigenvalue weighted by molar-refractivity contribution is -0.204. The fourth-order valence-electron chi connectivity index (χ4n) is 4.02. The Hall–Kier alpha value is -2.52. The molecule has 1 amide bonds. The van der Waals surface area contributed by atoms with Crippen LogP contribution in [0.1, 0.15) is 12.0 Å². The monoisotopic (exact) mass is 422 g/mol. The molecular formula is C20H20F2N2O4S. The zero-order valence-electron chi connectivity index (χ0n) is 15.6. The van der Waals surface area contributed by atoms with Gasteiger partial charge in [0.25, 0.3) is 0 Å². The first kappa shape index (κ1) is 19.8. The lowest BCUT2D eigenvalue weighted by atomic mass is 9.96. The molecule has 9 heteroatoms. The van der Waals surface area contributed by atoms with Gasteiger partial charge in [0, 0.05) is 18.2 Å². The summed E-state index contributed by atoms with van der Waals surface area (Å²) in [4.78, 5) is 13.7. The number of halogens is 2. The van der Waals surface area contributed by atoms with Crippen LogP contribution in [0.2, 0.25) is 0 Å². The summed E-state index contributed by atoms with van der Waals surface area (Å²) in [5.41, 5.74) is 1.95. The molecule has 4 rings (SSSR count). The quantitative estimate of drug-likeness (QED) is 0.807. The van der Waals surface area contributed by atoms with Crippen LogP contribution < -0.4 is 9.46 Å². The van der Waals surface area contributed by atoms with Gasteiger partial charge in [-0.05, 0) is 30.0 Å². The van der Waals surface area contributed by atoms with Crippen LogP contribution in [0.15, 0.2) is 48.5 Å². The molecule has 2 atom stereocenters. The number of para-hydroxylation sites is 1. The van der Waals surface area contributed by atoms with Crippen LogP contribution >= 0.6 is 0 Å². The molecule has 0 saturated carbocycles. The first-order valence-electron chi connectivity index (χ1n) is 9.17. The number of amides is 1. The summed E-state index contributed by atoms with van der Waals surface area (Å²) in [6.45, 7) is 0.0109. The van der Waals surface area contributed by atoms with E-state index >= 15 is 0 Å². The van der Waals surface area contributed by atoms with Gasteiger partial charge in [-0.2, -0.15) is 8.78 Å². The van der Waals surface area contributed by atoms with Crippen molar-refractivity contribution in [2.45, 2.75) is 31.0 Å². The number of ether oxygens (including phenoxy) is 1. The molecule has 0 aliphatic carbocycles. The zero-order chi connectivity index (χ0) is 20.8. The van der Waals surface area contributed by atoms with E-state index in [1.54, 1.807) is 30.3 Å². The van der Waals surface area contributed by atoms with Crippen molar-refractivity contribution in [2.75, 3.05) is 12.8 Å². The van der Waals surface area contributed by atoms with Crippen molar-refractivity contribution in [2.24, 2.45) is 0 Å². The van der Waals surface area contributed by atoms with Crippen LogP contribution in [0, 0.1) is 0 Å². The highest BCUT2D eigenvalue weighted by molar-refractivity contribution is 7.88. The van der Waals surface area contributed by atoms with Crippen LogP contribution in [-0.2, 0) is 21.2 Å². The maximum atomic E-state index is 14.8. The number of sulfonamides is 1. The SMILES string of the molecule is CS(=O)(=O)NC1CCN2C(=O)C(F)(F)Oc3ccccc3-c3cccc(c3)CC12. The topological polar surface area (TPSA) is 75.7 Å². The third-order valence-corrected chi connectivity index (χ3v) is 5.96. The average molecular weight is 422 g/mol. The number of carbonyl (C=O) groups excluding carboxylic acids is 1. The van der Waals surface area contributed by atoms with Crippen molar-refractivity contribution in [3.63, 3.8) is 0 Å². The Labute approximate surface area is 167 Å². The fourth-order valence-corrected chi connectivity index (χ4v) is 4.85. The molecule has 0 aromatic heterocycles. The number of hydrogen-bond donors (Lipinski definition) is 1. The van der Waals surface area contributed by atoms with Crippen molar-refractivity contribution >= 4 is 15.9 Å². The summed E-state index contributed by atoms with van der Waals surface area (Å²) >= 11 is 0. The van der Waals surface area contributed by atoms with Gasteiger partial charge in [0.15, 0.2) is 0 Å². The van der Waals surface area contributed by atoms with E-state index in [4.69, 9.17) is 4.74 Å². The lowest BCUT2D eigenvalue weighted by Crippen LogP contribution is -2.53. The smallest absolute Gasteiger partial charge is 0.425 e. The normalized spacial score (nSPS) is 23.6. The predicted octanol–water partition coefficient (Wildman–Crippen LogP) is 2.40. The Morgan fingerprint density at radius 2 is 1.93 bits per heavy atom. The number of benzene rings is 2. The molecule has 2 aliphatic rings. The maximum Gasteiger partial charge on any atom is 0.482 e. The van der Waals surface area contributed by atoms with Gasteiger partial charge in [-0.15, -0.1) is 0 Å². The molecule has 1 fully saturated rings. The summed E-state index contributed by atoms with van der Waals surface area (Å²) in [7, 11) is -3.57. The molecule has 0 radical (unpaired) electrons. The number of nitrogens with one attached hydrogen (secondary N) is 1. The Morgan fingerprint density at radius 3 is 2.69 bits per heavy atom. The molecule has 2 bridgehead atoms. The van der Waals surface area contributed by atoms with Crippen molar-refractivity contribution in [3.8, 4) is 16.9 Å². The second-order valence-electron chi connectivity index (χ2n) is 7.37. The predicted molar refractivity (Wildman–Crippen MR) is 103 cm³/mol. The van der Waals surface area contributed by atoms with Crippen molar-refractivity contribution in [1.29, 1.82) is 0 Å². The average Bonchev–Trinajstić information content (AvgIpc) is 3.01.